The quantitative estimate of drug-likeness (QED) is 0.191. The lowest BCUT2D eigenvalue weighted by Crippen LogP contribution is -2.06. The molecule has 5 aromatic rings. The summed E-state index contributed by atoms with van der Waals surface area (Å²) < 4.78 is 0. The van der Waals surface area contributed by atoms with Crippen molar-refractivity contribution in [2.45, 2.75) is 45.4 Å². The number of fused-ring (bicyclic) bond motifs is 2. The molecule has 0 fully saturated rings. The summed E-state index contributed by atoms with van der Waals surface area (Å²) in [6.45, 7) is 4.37. The van der Waals surface area contributed by atoms with Gasteiger partial charge in [-0.25, -0.2) is 4.98 Å². The van der Waals surface area contributed by atoms with Gasteiger partial charge in [-0.15, -0.1) is 0 Å². The third kappa shape index (κ3) is 5.42. The van der Waals surface area contributed by atoms with E-state index in [-0.39, 0.29) is 5.92 Å². The molecular formula is C41H36N2. The number of pyridine rings is 1. The first-order valence-electron chi connectivity index (χ1n) is 15.5. The van der Waals surface area contributed by atoms with Gasteiger partial charge in [0.2, 0.25) is 0 Å². The minimum atomic E-state index is 0.271. The number of nitrogens with zero attached hydrogens (tertiary/aromatic N) is 2. The molecule has 0 bridgehead atoms. The van der Waals surface area contributed by atoms with E-state index in [0.29, 0.717) is 0 Å². The van der Waals surface area contributed by atoms with E-state index < -0.39 is 0 Å². The van der Waals surface area contributed by atoms with Crippen molar-refractivity contribution >= 4 is 27.9 Å². The van der Waals surface area contributed by atoms with Crippen LogP contribution in [0.4, 0.5) is 0 Å². The molecule has 0 saturated carbocycles. The fourth-order valence-corrected chi connectivity index (χ4v) is 6.41. The van der Waals surface area contributed by atoms with Crippen LogP contribution in [0.1, 0.15) is 51.0 Å². The average Bonchev–Trinajstić information content (AvgIpc) is 3.07. The van der Waals surface area contributed by atoms with Crippen LogP contribution in [0.5, 0.6) is 0 Å². The van der Waals surface area contributed by atoms with Gasteiger partial charge in [-0.3, -0.25) is 4.99 Å². The smallest absolute Gasteiger partial charge is 0.0718 e. The van der Waals surface area contributed by atoms with Gasteiger partial charge in [0.05, 0.1) is 16.9 Å². The highest BCUT2D eigenvalue weighted by Crippen LogP contribution is 2.39. The van der Waals surface area contributed by atoms with Gasteiger partial charge in [0.15, 0.2) is 0 Å². The Morgan fingerprint density at radius 1 is 0.814 bits per heavy atom. The van der Waals surface area contributed by atoms with Gasteiger partial charge in [-0.2, -0.15) is 0 Å². The Kier molecular flexibility index (Phi) is 7.43. The maximum absolute atomic E-state index is 5.26. The van der Waals surface area contributed by atoms with Crippen molar-refractivity contribution in [1.82, 2.24) is 4.98 Å². The number of benzene rings is 4. The fraction of sp³-hybridized carbons (Fsp3) is 0.171. The molecule has 0 radical (unpaired) electrons. The van der Waals surface area contributed by atoms with Crippen LogP contribution in [0, 0.1) is 0 Å². The predicted octanol–water partition coefficient (Wildman–Crippen LogP) is 11.2. The molecule has 1 heterocycles. The molecule has 2 nitrogen and oxygen atoms in total. The molecule has 1 unspecified atom stereocenters. The van der Waals surface area contributed by atoms with Crippen molar-refractivity contribution < 1.29 is 0 Å². The monoisotopic (exact) mass is 556 g/mol. The van der Waals surface area contributed by atoms with Crippen LogP contribution >= 0.6 is 0 Å². The van der Waals surface area contributed by atoms with E-state index >= 15 is 0 Å². The molecule has 7 rings (SSSR count). The van der Waals surface area contributed by atoms with Crippen molar-refractivity contribution in [1.29, 1.82) is 0 Å². The Morgan fingerprint density at radius 2 is 1.63 bits per heavy atom. The Hall–Kier alpha value is -4.82. The molecule has 1 aromatic heterocycles. The lowest BCUT2D eigenvalue weighted by atomic mass is 9.83. The third-order valence-electron chi connectivity index (χ3n) is 8.73. The zero-order valence-electron chi connectivity index (χ0n) is 24.9. The highest BCUT2D eigenvalue weighted by molar-refractivity contribution is 5.92. The zero-order chi connectivity index (χ0) is 29.2. The maximum atomic E-state index is 5.26. The third-order valence-corrected chi connectivity index (χ3v) is 8.73. The molecule has 0 N–H and O–H groups in total. The van der Waals surface area contributed by atoms with E-state index in [0.717, 1.165) is 48.2 Å². The van der Waals surface area contributed by atoms with Gasteiger partial charge >= 0.3 is 0 Å². The Morgan fingerprint density at radius 3 is 2.44 bits per heavy atom. The molecule has 0 saturated heterocycles. The number of hydrogen-bond donors (Lipinski definition) is 0. The second-order valence-electron chi connectivity index (χ2n) is 11.6. The summed E-state index contributed by atoms with van der Waals surface area (Å²) in [6.07, 6.45) is 15.6. The number of allylic oxidation sites excluding steroid dienone is 6. The molecule has 2 aliphatic carbocycles. The molecule has 0 spiro atoms. The summed E-state index contributed by atoms with van der Waals surface area (Å²) in [5.74, 6) is 0.271. The zero-order valence-corrected chi connectivity index (χ0v) is 24.9. The molecule has 210 valence electrons. The van der Waals surface area contributed by atoms with Gasteiger partial charge in [0.1, 0.15) is 0 Å². The normalized spacial score (nSPS) is 17.1. The lowest BCUT2D eigenvalue weighted by Gasteiger charge is -2.23. The fourth-order valence-electron chi connectivity index (χ4n) is 6.41. The van der Waals surface area contributed by atoms with E-state index in [9.17, 15) is 0 Å². The van der Waals surface area contributed by atoms with E-state index in [1.165, 1.54) is 49.6 Å². The van der Waals surface area contributed by atoms with Crippen molar-refractivity contribution in [3.63, 3.8) is 0 Å². The van der Waals surface area contributed by atoms with Gasteiger partial charge in [-0.1, -0.05) is 110 Å². The van der Waals surface area contributed by atoms with Crippen LogP contribution in [0.15, 0.2) is 149 Å². The van der Waals surface area contributed by atoms with E-state index in [1.807, 2.05) is 6.21 Å². The molecule has 2 heteroatoms. The van der Waals surface area contributed by atoms with Crippen LogP contribution in [-0.4, -0.2) is 11.2 Å². The van der Waals surface area contributed by atoms with Crippen LogP contribution in [0.2, 0.25) is 0 Å². The van der Waals surface area contributed by atoms with E-state index in [2.05, 4.69) is 135 Å². The summed E-state index contributed by atoms with van der Waals surface area (Å²) in [7, 11) is 0. The van der Waals surface area contributed by atoms with Crippen LogP contribution in [0.3, 0.4) is 0 Å². The first-order valence-corrected chi connectivity index (χ1v) is 15.5. The number of aliphatic imine (C=N–C) groups is 1. The molecule has 2 aliphatic rings. The molecule has 0 aliphatic heterocycles. The summed E-state index contributed by atoms with van der Waals surface area (Å²) in [6, 6.07) is 34.9. The summed E-state index contributed by atoms with van der Waals surface area (Å²) in [5.41, 5.74) is 12.0. The van der Waals surface area contributed by atoms with Gasteiger partial charge in [0.25, 0.3) is 0 Å². The van der Waals surface area contributed by atoms with Gasteiger partial charge in [-0.05, 0) is 89.4 Å². The second kappa shape index (κ2) is 11.8. The number of rotatable bonds is 6. The maximum Gasteiger partial charge on any atom is 0.0718 e. The molecule has 0 amide bonds. The minimum absolute atomic E-state index is 0.271. The first-order chi connectivity index (χ1) is 21.2. The second-order valence-corrected chi connectivity index (χ2v) is 11.6. The standard InChI is InChI=1S/C41H36N2/c1-3-24-42-41-28(2)10-9-15-36(41)31-17-19-32(20-18-31)38-27-39(35-21-16-30-13-7-8-14-33(30)25-35)43-40-26-34(22-23-37(38)40)29-11-5-4-6-12-29/h4-8,11-19,21-27,32H,3,9-10,20H2,1-2H3/b42-24-. The minimum Gasteiger partial charge on any atom is -0.261 e. The van der Waals surface area contributed by atoms with E-state index in [4.69, 9.17) is 9.98 Å². The van der Waals surface area contributed by atoms with Gasteiger partial charge in [0, 0.05) is 28.7 Å². The van der Waals surface area contributed by atoms with Crippen molar-refractivity contribution in [2.24, 2.45) is 4.99 Å². The highest BCUT2D eigenvalue weighted by Gasteiger charge is 2.21. The Balaban J connectivity index is 1.30. The molecule has 43 heavy (non-hydrogen) atoms. The number of aromatic nitrogens is 1. The SMILES string of the molecule is CC/C=N\C1=C(C)CCC=C1C1=CCC(c2cc(-c3ccc4ccccc4c3)nc3cc(-c4ccccc4)ccc23)C=C1. The summed E-state index contributed by atoms with van der Waals surface area (Å²) in [5, 5.41) is 3.70. The average molecular weight is 557 g/mol. The molecular weight excluding hydrogens is 520 g/mol. The highest BCUT2D eigenvalue weighted by atomic mass is 14.7. The first kappa shape index (κ1) is 27.0. The topological polar surface area (TPSA) is 25.2 Å². The van der Waals surface area contributed by atoms with Crippen LogP contribution in [0.25, 0.3) is 44.1 Å². The van der Waals surface area contributed by atoms with Crippen LogP contribution < -0.4 is 0 Å². The molecule has 4 aromatic carbocycles. The van der Waals surface area contributed by atoms with Crippen molar-refractivity contribution in [2.75, 3.05) is 0 Å². The summed E-state index contributed by atoms with van der Waals surface area (Å²) >= 11 is 0. The molecule has 1 atom stereocenters. The van der Waals surface area contributed by atoms with Crippen molar-refractivity contribution in [3.8, 4) is 22.4 Å². The Bertz CT molecular complexity index is 1990. The Labute approximate surface area is 254 Å². The lowest BCUT2D eigenvalue weighted by molar-refractivity contribution is 0.848. The largest absolute Gasteiger partial charge is 0.261 e. The van der Waals surface area contributed by atoms with Crippen LogP contribution in [-0.2, 0) is 0 Å². The predicted molar refractivity (Wildman–Crippen MR) is 184 cm³/mol. The number of hydrogen-bond acceptors (Lipinski definition) is 2. The summed E-state index contributed by atoms with van der Waals surface area (Å²) in [4.78, 5) is 10.1. The van der Waals surface area contributed by atoms with E-state index in [1.54, 1.807) is 0 Å². The van der Waals surface area contributed by atoms with Gasteiger partial charge < -0.3 is 0 Å². The van der Waals surface area contributed by atoms with Crippen molar-refractivity contribution in [3.05, 3.63) is 149 Å².